The van der Waals surface area contributed by atoms with Gasteiger partial charge in [0.1, 0.15) is 0 Å². The second-order valence-electron chi connectivity index (χ2n) is 3.88. The first-order chi connectivity index (χ1) is 8.27. The Morgan fingerprint density at radius 3 is 2.88 bits per heavy atom. The molecule has 2 heterocycles. The van der Waals surface area contributed by atoms with Crippen molar-refractivity contribution in [2.24, 2.45) is 5.73 Å². The minimum absolute atomic E-state index is 0.450. The molecule has 17 heavy (non-hydrogen) atoms. The van der Waals surface area contributed by atoms with Gasteiger partial charge in [0.25, 0.3) is 5.91 Å². The second-order valence-corrected chi connectivity index (χ2v) is 3.88. The monoisotopic (exact) mass is 225 g/mol. The molecule has 84 valence electrons. The van der Waals surface area contributed by atoms with Gasteiger partial charge in [0.2, 0.25) is 0 Å². The van der Waals surface area contributed by atoms with Crippen LogP contribution in [0, 0.1) is 0 Å². The van der Waals surface area contributed by atoms with Gasteiger partial charge in [-0.1, -0.05) is 18.2 Å². The number of para-hydroxylation sites is 1. The van der Waals surface area contributed by atoms with E-state index in [-0.39, 0.29) is 0 Å². The summed E-state index contributed by atoms with van der Waals surface area (Å²) in [5.41, 5.74) is 8.58. The Bertz CT molecular complexity index is 664. The van der Waals surface area contributed by atoms with Crippen molar-refractivity contribution in [1.82, 2.24) is 10.3 Å². The summed E-state index contributed by atoms with van der Waals surface area (Å²) in [6, 6.07) is 7.91. The zero-order valence-electron chi connectivity index (χ0n) is 9.03. The highest BCUT2D eigenvalue weighted by atomic mass is 16.1. The highest BCUT2D eigenvalue weighted by molar-refractivity contribution is 6.20. The van der Waals surface area contributed by atoms with Crippen LogP contribution in [0.15, 0.2) is 36.7 Å². The first-order valence-electron chi connectivity index (χ1n) is 5.31. The fraction of sp³-hybridized carbons (Fsp3) is 0. The lowest BCUT2D eigenvalue weighted by molar-refractivity contribution is -0.112. The van der Waals surface area contributed by atoms with Crippen LogP contribution in [0.3, 0.4) is 0 Å². The van der Waals surface area contributed by atoms with Crippen LogP contribution in [-0.2, 0) is 4.79 Å². The average Bonchev–Trinajstić information content (AvgIpc) is 2.54. The molecule has 0 aliphatic carbocycles. The van der Waals surface area contributed by atoms with Gasteiger partial charge in [-0.05, 0) is 12.1 Å². The molecule has 4 nitrogen and oxygen atoms in total. The number of rotatable bonds is 1. The van der Waals surface area contributed by atoms with Gasteiger partial charge in [-0.3, -0.25) is 4.79 Å². The maximum atomic E-state index is 11.4. The third-order valence-corrected chi connectivity index (χ3v) is 2.85. The fourth-order valence-corrected chi connectivity index (χ4v) is 2.08. The number of primary amides is 1. The summed E-state index contributed by atoms with van der Waals surface area (Å²) in [6.45, 7) is 0. The molecule has 1 aliphatic heterocycles. The quantitative estimate of drug-likeness (QED) is 0.689. The zero-order chi connectivity index (χ0) is 11.8. The van der Waals surface area contributed by atoms with Crippen LogP contribution in [0.5, 0.6) is 0 Å². The number of carbonyl (C=O) groups is 1. The van der Waals surface area contributed by atoms with Crippen LogP contribution < -0.4 is 11.1 Å². The topological polar surface area (TPSA) is 70.9 Å². The van der Waals surface area contributed by atoms with Crippen LogP contribution in [0.2, 0.25) is 0 Å². The largest absolute Gasteiger partial charge is 0.367 e. The zero-order valence-corrected chi connectivity index (χ0v) is 9.03. The molecule has 1 amide bonds. The Morgan fingerprint density at radius 2 is 2.06 bits per heavy atom. The summed E-state index contributed by atoms with van der Waals surface area (Å²) in [5.74, 6) is -0.450. The molecule has 0 saturated heterocycles. The molecule has 0 unspecified atom stereocenters. The van der Waals surface area contributed by atoms with Crippen molar-refractivity contribution in [3.8, 4) is 0 Å². The number of carbonyl (C=O) groups excluding carboxylic acids is 1. The molecular formula is C13H11N3O. The lowest BCUT2D eigenvalue weighted by Gasteiger charge is -2.00. The van der Waals surface area contributed by atoms with Gasteiger partial charge in [-0.2, -0.15) is 0 Å². The van der Waals surface area contributed by atoms with Crippen LogP contribution in [0.1, 0.15) is 11.3 Å². The summed E-state index contributed by atoms with van der Waals surface area (Å²) in [6.07, 6.45) is 5.33. The second kappa shape index (κ2) is 3.52. The Labute approximate surface area is 97.8 Å². The van der Waals surface area contributed by atoms with Gasteiger partial charge >= 0.3 is 0 Å². The highest BCUT2D eigenvalue weighted by Crippen LogP contribution is 2.29. The average molecular weight is 225 g/mol. The van der Waals surface area contributed by atoms with E-state index >= 15 is 0 Å². The number of amides is 1. The number of aromatic amines is 1. The molecule has 0 fully saturated rings. The van der Waals surface area contributed by atoms with E-state index in [9.17, 15) is 4.79 Å². The number of nitrogens with one attached hydrogen (secondary N) is 2. The third-order valence-electron chi connectivity index (χ3n) is 2.85. The first kappa shape index (κ1) is 9.72. The molecule has 0 saturated carbocycles. The Balaban J connectivity index is 2.35. The van der Waals surface area contributed by atoms with Crippen molar-refractivity contribution < 1.29 is 4.79 Å². The Hall–Kier alpha value is -2.49. The minimum Gasteiger partial charge on any atom is -0.367 e. The summed E-state index contributed by atoms with van der Waals surface area (Å²) >= 11 is 0. The number of aromatic nitrogens is 1. The number of hydrogen-bond donors (Lipinski definition) is 3. The predicted molar refractivity (Wildman–Crippen MR) is 67.6 cm³/mol. The van der Waals surface area contributed by atoms with Crippen LogP contribution in [0.4, 0.5) is 0 Å². The number of benzene rings is 1. The van der Waals surface area contributed by atoms with E-state index in [1.165, 1.54) is 0 Å². The van der Waals surface area contributed by atoms with Crippen molar-refractivity contribution >= 4 is 28.5 Å². The van der Waals surface area contributed by atoms with E-state index in [4.69, 9.17) is 5.73 Å². The SMILES string of the molecule is NC(=O)C1=CNC=Cc2c1[nH]c1ccccc21. The maximum Gasteiger partial charge on any atom is 0.252 e. The van der Waals surface area contributed by atoms with E-state index < -0.39 is 5.91 Å². The lowest BCUT2D eigenvalue weighted by Crippen LogP contribution is -2.14. The third kappa shape index (κ3) is 1.42. The van der Waals surface area contributed by atoms with Crippen molar-refractivity contribution in [3.05, 3.63) is 47.9 Å². The Kier molecular flexibility index (Phi) is 2.01. The molecule has 1 aliphatic rings. The van der Waals surface area contributed by atoms with Gasteiger partial charge in [0.15, 0.2) is 0 Å². The number of hydrogen-bond acceptors (Lipinski definition) is 2. The molecule has 1 aromatic heterocycles. The van der Waals surface area contributed by atoms with E-state index in [2.05, 4.69) is 10.3 Å². The molecule has 3 rings (SSSR count). The molecule has 2 aromatic rings. The van der Waals surface area contributed by atoms with Crippen molar-refractivity contribution in [2.75, 3.05) is 0 Å². The maximum absolute atomic E-state index is 11.4. The highest BCUT2D eigenvalue weighted by Gasteiger charge is 2.17. The van der Waals surface area contributed by atoms with E-state index in [0.717, 1.165) is 22.2 Å². The predicted octanol–water partition coefficient (Wildman–Crippen LogP) is 1.57. The van der Waals surface area contributed by atoms with E-state index in [1.807, 2.05) is 30.3 Å². The molecular weight excluding hydrogens is 214 g/mol. The molecule has 4 N–H and O–H groups in total. The molecule has 1 aromatic carbocycles. The standard InChI is InChI=1S/C13H11N3O/c14-13(17)10-7-15-6-5-9-8-3-1-2-4-11(8)16-12(9)10/h1-7,15-16H,(H2,14,17). The van der Waals surface area contributed by atoms with Crippen molar-refractivity contribution in [3.63, 3.8) is 0 Å². The first-order valence-corrected chi connectivity index (χ1v) is 5.31. The summed E-state index contributed by atoms with van der Waals surface area (Å²) in [5, 5.41) is 3.99. The fourth-order valence-electron chi connectivity index (χ4n) is 2.08. The van der Waals surface area contributed by atoms with Crippen LogP contribution in [-0.4, -0.2) is 10.9 Å². The lowest BCUT2D eigenvalue weighted by atomic mass is 10.1. The van der Waals surface area contributed by atoms with Gasteiger partial charge < -0.3 is 16.0 Å². The van der Waals surface area contributed by atoms with E-state index in [0.29, 0.717) is 5.57 Å². The molecule has 0 atom stereocenters. The van der Waals surface area contributed by atoms with Gasteiger partial charge in [-0.25, -0.2) is 0 Å². The van der Waals surface area contributed by atoms with Crippen LogP contribution in [0.25, 0.3) is 22.6 Å². The molecule has 4 heteroatoms. The Morgan fingerprint density at radius 1 is 1.24 bits per heavy atom. The van der Waals surface area contributed by atoms with Crippen molar-refractivity contribution in [1.29, 1.82) is 0 Å². The van der Waals surface area contributed by atoms with Gasteiger partial charge in [-0.15, -0.1) is 0 Å². The van der Waals surface area contributed by atoms with Crippen LogP contribution >= 0.6 is 0 Å². The van der Waals surface area contributed by atoms with Gasteiger partial charge in [0, 0.05) is 28.9 Å². The van der Waals surface area contributed by atoms with Crippen molar-refractivity contribution in [2.45, 2.75) is 0 Å². The smallest absolute Gasteiger partial charge is 0.252 e. The normalized spacial score (nSPS) is 13.8. The summed E-state index contributed by atoms with van der Waals surface area (Å²) in [7, 11) is 0. The molecule has 0 bridgehead atoms. The number of nitrogens with two attached hydrogens (primary N) is 1. The number of fused-ring (bicyclic) bond motifs is 3. The summed E-state index contributed by atoms with van der Waals surface area (Å²) < 4.78 is 0. The minimum atomic E-state index is -0.450. The van der Waals surface area contributed by atoms with E-state index in [1.54, 1.807) is 12.4 Å². The number of H-pyrrole nitrogens is 1. The van der Waals surface area contributed by atoms with Gasteiger partial charge in [0.05, 0.1) is 11.3 Å². The molecule has 0 spiro atoms. The molecule has 0 radical (unpaired) electrons. The summed E-state index contributed by atoms with van der Waals surface area (Å²) in [4.78, 5) is 14.6.